The number of nitrogens with two attached hydrogens (primary N) is 1. The summed E-state index contributed by atoms with van der Waals surface area (Å²) >= 11 is 4.48. The molecule has 0 saturated heterocycles. The standard InChI is InChI=1S/C11H18BrN3O4S2/c1-8-7-10(20-11(8)12)21(17,18)15(5-6-19-2)4-3-9(13)14-16/h7,16H,3-6H2,1-2H3,(H2,13,14). The second kappa shape index (κ2) is 8.08. The van der Waals surface area contributed by atoms with E-state index in [0.29, 0.717) is 0 Å². The van der Waals surface area contributed by atoms with Crippen molar-refractivity contribution in [3.8, 4) is 0 Å². The van der Waals surface area contributed by atoms with Crippen molar-refractivity contribution < 1.29 is 18.4 Å². The zero-order chi connectivity index (χ0) is 16.0. The lowest BCUT2D eigenvalue weighted by atomic mass is 10.4. The fourth-order valence-electron chi connectivity index (χ4n) is 1.52. The predicted molar refractivity (Wildman–Crippen MR) is 85.4 cm³/mol. The molecule has 1 rings (SSSR count). The molecule has 0 fully saturated rings. The Bertz CT molecular complexity index is 581. The van der Waals surface area contributed by atoms with E-state index in [9.17, 15) is 8.42 Å². The quantitative estimate of drug-likeness (QED) is 0.298. The number of thiophene rings is 1. The van der Waals surface area contributed by atoms with Crippen molar-refractivity contribution in [2.75, 3.05) is 26.8 Å². The van der Waals surface area contributed by atoms with E-state index in [-0.39, 0.29) is 36.2 Å². The summed E-state index contributed by atoms with van der Waals surface area (Å²) in [7, 11) is -2.13. The van der Waals surface area contributed by atoms with Gasteiger partial charge in [0.15, 0.2) is 0 Å². The van der Waals surface area contributed by atoms with Gasteiger partial charge in [-0.3, -0.25) is 0 Å². The van der Waals surface area contributed by atoms with E-state index in [2.05, 4.69) is 21.1 Å². The lowest BCUT2D eigenvalue weighted by molar-refractivity contribution is 0.179. The zero-order valence-corrected chi connectivity index (χ0v) is 15.0. The number of nitrogens with zero attached hydrogens (tertiary/aromatic N) is 2. The van der Waals surface area contributed by atoms with Gasteiger partial charge in [0, 0.05) is 26.6 Å². The molecular formula is C11H18BrN3O4S2. The Morgan fingerprint density at radius 2 is 2.24 bits per heavy atom. The number of aryl methyl sites for hydroxylation is 1. The average molecular weight is 400 g/mol. The number of hydrogen-bond donors (Lipinski definition) is 2. The lowest BCUT2D eigenvalue weighted by Gasteiger charge is -2.20. The summed E-state index contributed by atoms with van der Waals surface area (Å²) in [4.78, 5) is 0. The summed E-state index contributed by atoms with van der Waals surface area (Å²) in [6, 6.07) is 1.62. The van der Waals surface area contributed by atoms with Crippen molar-refractivity contribution in [2.24, 2.45) is 10.9 Å². The summed E-state index contributed by atoms with van der Waals surface area (Å²) in [6.07, 6.45) is 0.144. The largest absolute Gasteiger partial charge is 0.409 e. The molecule has 0 amide bonds. The maximum absolute atomic E-state index is 12.6. The molecule has 10 heteroatoms. The number of sulfonamides is 1. The van der Waals surface area contributed by atoms with Crippen LogP contribution in [0, 0.1) is 6.92 Å². The smallest absolute Gasteiger partial charge is 0.252 e. The molecule has 0 unspecified atom stereocenters. The van der Waals surface area contributed by atoms with E-state index in [1.54, 1.807) is 6.07 Å². The maximum Gasteiger partial charge on any atom is 0.252 e. The highest BCUT2D eigenvalue weighted by molar-refractivity contribution is 9.11. The van der Waals surface area contributed by atoms with E-state index in [4.69, 9.17) is 15.7 Å². The van der Waals surface area contributed by atoms with Gasteiger partial charge in [0.05, 0.1) is 10.4 Å². The van der Waals surface area contributed by atoms with Gasteiger partial charge in [0.2, 0.25) is 0 Å². The van der Waals surface area contributed by atoms with E-state index in [1.165, 1.54) is 11.4 Å². The minimum absolute atomic E-state index is 0.0174. The number of rotatable bonds is 8. The fraction of sp³-hybridized carbons (Fsp3) is 0.545. The van der Waals surface area contributed by atoms with Gasteiger partial charge in [0.1, 0.15) is 10.0 Å². The third-order valence-corrected chi connectivity index (χ3v) is 7.20. The van der Waals surface area contributed by atoms with Crippen LogP contribution in [0.1, 0.15) is 12.0 Å². The fourth-order valence-corrected chi connectivity index (χ4v) is 5.33. The van der Waals surface area contributed by atoms with Crippen LogP contribution in [0.4, 0.5) is 0 Å². The highest BCUT2D eigenvalue weighted by Gasteiger charge is 2.26. The number of amidine groups is 1. The number of hydrogen-bond acceptors (Lipinski definition) is 6. The number of halogens is 1. The van der Waals surface area contributed by atoms with Gasteiger partial charge in [-0.05, 0) is 34.5 Å². The van der Waals surface area contributed by atoms with Gasteiger partial charge in [-0.25, -0.2) is 8.42 Å². The molecule has 0 aliphatic carbocycles. The summed E-state index contributed by atoms with van der Waals surface area (Å²) in [6.45, 7) is 2.42. The van der Waals surface area contributed by atoms with Gasteiger partial charge >= 0.3 is 0 Å². The molecule has 1 aromatic rings. The molecule has 21 heavy (non-hydrogen) atoms. The molecule has 1 aromatic heterocycles. The van der Waals surface area contributed by atoms with E-state index >= 15 is 0 Å². The molecule has 7 nitrogen and oxygen atoms in total. The van der Waals surface area contributed by atoms with Crippen LogP contribution in [0.3, 0.4) is 0 Å². The molecule has 0 saturated carbocycles. The molecule has 0 atom stereocenters. The molecule has 0 bridgehead atoms. The van der Waals surface area contributed by atoms with Crippen LogP contribution in [-0.4, -0.2) is 50.6 Å². The van der Waals surface area contributed by atoms with E-state index in [1.807, 2.05) is 6.92 Å². The Morgan fingerprint density at radius 1 is 1.57 bits per heavy atom. The van der Waals surface area contributed by atoms with Crippen molar-refractivity contribution in [1.29, 1.82) is 0 Å². The Labute approximate surface area is 136 Å². The van der Waals surface area contributed by atoms with Crippen LogP contribution in [0.25, 0.3) is 0 Å². The first-order valence-corrected chi connectivity index (χ1v) is 9.09. The highest BCUT2D eigenvalue weighted by Crippen LogP contribution is 2.32. The zero-order valence-electron chi connectivity index (χ0n) is 11.7. The van der Waals surface area contributed by atoms with Gasteiger partial charge in [0.25, 0.3) is 10.0 Å². The second-order valence-corrected chi connectivity index (χ2v) is 8.80. The minimum atomic E-state index is -3.63. The summed E-state index contributed by atoms with van der Waals surface area (Å²) in [5.41, 5.74) is 6.27. The first kappa shape index (κ1) is 18.4. The van der Waals surface area contributed by atoms with Gasteiger partial charge in [-0.2, -0.15) is 4.31 Å². The lowest BCUT2D eigenvalue weighted by Crippen LogP contribution is -2.36. The number of oxime groups is 1. The van der Waals surface area contributed by atoms with Gasteiger partial charge in [-0.15, -0.1) is 11.3 Å². The van der Waals surface area contributed by atoms with Crippen molar-refractivity contribution in [1.82, 2.24) is 4.31 Å². The van der Waals surface area contributed by atoms with Crippen LogP contribution in [0.5, 0.6) is 0 Å². The van der Waals surface area contributed by atoms with Crippen LogP contribution in [-0.2, 0) is 14.8 Å². The van der Waals surface area contributed by atoms with Crippen LogP contribution in [0.2, 0.25) is 0 Å². The maximum atomic E-state index is 12.6. The van der Waals surface area contributed by atoms with Crippen LogP contribution in [0.15, 0.2) is 19.2 Å². The average Bonchev–Trinajstić information content (AvgIpc) is 2.78. The first-order valence-electron chi connectivity index (χ1n) is 6.04. The third kappa shape index (κ3) is 4.92. The van der Waals surface area contributed by atoms with E-state index < -0.39 is 10.0 Å². The predicted octanol–water partition coefficient (Wildman–Crippen LogP) is 1.59. The Hall–Kier alpha value is -0.680. The van der Waals surface area contributed by atoms with Crippen molar-refractivity contribution in [3.05, 3.63) is 15.4 Å². The molecule has 120 valence electrons. The Morgan fingerprint density at radius 3 is 2.71 bits per heavy atom. The summed E-state index contributed by atoms with van der Waals surface area (Å²) in [5, 5.41) is 11.4. The Balaban J connectivity index is 2.99. The molecule has 3 N–H and O–H groups in total. The molecule has 0 aliphatic rings. The van der Waals surface area contributed by atoms with Gasteiger partial charge in [-0.1, -0.05) is 5.16 Å². The second-order valence-electron chi connectivity index (χ2n) is 4.26. The SMILES string of the molecule is COCCN(CCC(N)=NO)S(=O)(=O)c1cc(C)c(Br)s1. The molecule has 1 heterocycles. The topological polar surface area (TPSA) is 105 Å². The minimum Gasteiger partial charge on any atom is -0.409 e. The molecule has 0 radical (unpaired) electrons. The molecular weight excluding hydrogens is 382 g/mol. The highest BCUT2D eigenvalue weighted by atomic mass is 79.9. The third-order valence-electron chi connectivity index (χ3n) is 2.72. The summed E-state index contributed by atoms with van der Waals surface area (Å²) in [5.74, 6) is -0.0174. The summed E-state index contributed by atoms with van der Waals surface area (Å²) < 4.78 is 32.5. The molecule has 0 aromatic carbocycles. The van der Waals surface area contributed by atoms with Crippen molar-refractivity contribution in [3.63, 3.8) is 0 Å². The monoisotopic (exact) mass is 399 g/mol. The Kier molecular flexibility index (Phi) is 7.07. The van der Waals surface area contributed by atoms with Crippen LogP contribution >= 0.6 is 27.3 Å². The van der Waals surface area contributed by atoms with E-state index in [0.717, 1.165) is 20.7 Å². The van der Waals surface area contributed by atoms with Gasteiger partial charge < -0.3 is 15.7 Å². The molecule has 0 aliphatic heterocycles. The van der Waals surface area contributed by atoms with Crippen LogP contribution < -0.4 is 5.73 Å². The number of methoxy groups -OCH3 is 1. The van der Waals surface area contributed by atoms with Crippen molar-refractivity contribution in [2.45, 2.75) is 17.6 Å². The molecule has 0 spiro atoms. The van der Waals surface area contributed by atoms with Crippen molar-refractivity contribution >= 4 is 43.1 Å². The first-order chi connectivity index (χ1) is 9.82. The number of ether oxygens (including phenoxy) is 1. The normalized spacial score (nSPS) is 13.0.